The van der Waals surface area contributed by atoms with E-state index < -0.39 is 17.9 Å². The van der Waals surface area contributed by atoms with Crippen molar-refractivity contribution < 1.29 is 19.4 Å². The fourth-order valence-electron chi connectivity index (χ4n) is 2.56. The summed E-state index contributed by atoms with van der Waals surface area (Å²) in [7, 11) is 0. The first kappa shape index (κ1) is 20.6. The fraction of sp³-hybridized carbons (Fsp3) is 0.333. The van der Waals surface area contributed by atoms with Crippen LogP contribution in [-0.4, -0.2) is 43.2 Å². The van der Waals surface area contributed by atoms with Crippen LogP contribution in [-0.2, 0) is 20.7 Å². The molecule has 2 aromatic carbocycles. The lowest BCUT2D eigenvalue weighted by Crippen LogP contribution is -2.42. The molecule has 3 N–H and O–H groups in total. The minimum atomic E-state index is -0.701. The molecule has 144 valence electrons. The lowest BCUT2D eigenvalue weighted by molar-refractivity contribution is -0.139. The second-order valence-corrected chi connectivity index (χ2v) is 6.20. The molecule has 0 aromatic heterocycles. The molecule has 2 rings (SSSR count). The van der Waals surface area contributed by atoms with Crippen molar-refractivity contribution in [3.8, 4) is 0 Å². The lowest BCUT2D eigenvalue weighted by Gasteiger charge is -2.18. The third-order valence-corrected chi connectivity index (χ3v) is 4.06. The molecule has 0 radical (unpaired) electrons. The van der Waals surface area contributed by atoms with Gasteiger partial charge in [-0.25, -0.2) is 0 Å². The molecule has 6 heteroatoms. The Hall–Kier alpha value is -2.70. The van der Waals surface area contributed by atoms with Gasteiger partial charge in [0.25, 0.3) is 0 Å². The summed E-state index contributed by atoms with van der Waals surface area (Å²) >= 11 is 0. The number of hydrogen-bond donors (Lipinski definition) is 3. The van der Waals surface area contributed by atoms with Gasteiger partial charge in [-0.1, -0.05) is 60.2 Å². The van der Waals surface area contributed by atoms with Gasteiger partial charge in [-0.15, -0.1) is 0 Å². The van der Waals surface area contributed by atoms with E-state index in [1.54, 1.807) is 0 Å². The van der Waals surface area contributed by atoms with Crippen LogP contribution in [0, 0.1) is 6.92 Å². The molecular weight excluding hydrogens is 344 g/mol. The average molecular weight is 370 g/mol. The smallest absolute Gasteiger partial charge is 0.309 e. The van der Waals surface area contributed by atoms with Crippen molar-refractivity contribution in [2.45, 2.75) is 19.4 Å². The lowest BCUT2D eigenvalue weighted by atomic mass is 10.1. The Balaban J connectivity index is 1.81. The van der Waals surface area contributed by atoms with E-state index >= 15 is 0 Å². The molecule has 0 aliphatic carbocycles. The van der Waals surface area contributed by atoms with E-state index in [0.29, 0.717) is 13.0 Å². The quantitative estimate of drug-likeness (QED) is 0.584. The van der Waals surface area contributed by atoms with Crippen molar-refractivity contribution in [3.63, 3.8) is 0 Å². The Morgan fingerprint density at radius 3 is 2.33 bits per heavy atom. The highest BCUT2D eigenvalue weighted by Gasteiger charge is 2.17. The fourth-order valence-corrected chi connectivity index (χ4v) is 2.56. The molecule has 2 amide bonds. The molecule has 0 fully saturated rings. The standard InChI is InChI=1S/C21H26N2O4/c1-16-7-9-18(10-8-16)19(27-14-13-24)15-23-21(26)20(25)22-12-11-17-5-3-2-4-6-17/h2-10,19,24H,11-15H2,1H3,(H,22,25)(H,23,26). The maximum absolute atomic E-state index is 12.0. The Labute approximate surface area is 159 Å². The van der Waals surface area contributed by atoms with Gasteiger partial charge in [0.15, 0.2) is 0 Å². The third-order valence-electron chi connectivity index (χ3n) is 4.06. The van der Waals surface area contributed by atoms with Crippen LogP contribution in [0.2, 0.25) is 0 Å². The Kier molecular flexibility index (Phi) is 8.48. The van der Waals surface area contributed by atoms with Crippen LogP contribution >= 0.6 is 0 Å². The Bertz CT molecular complexity index is 717. The van der Waals surface area contributed by atoms with Crippen LogP contribution in [0.1, 0.15) is 22.8 Å². The van der Waals surface area contributed by atoms with Crippen molar-refractivity contribution >= 4 is 11.8 Å². The van der Waals surface area contributed by atoms with E-state index in [2.05, 4.69) is 10.6 Å². The molecule has 0 aliphatic heterocycles. The monoisotopic (exact) mass is 370 g/mol. The van der Waals surface area contributed by atoms with Crippen LogP contribution in [0.4, 0.5) is 0 Å². The number of hydrogen-bond acceptors (Lipinski definition) is 4. The maximum atomic E-state index is 12.0. The molecule has 0 spiro atoms. The second-order valence-electron chi connectivity index (χ2n) is 6.20. The van der Waals surface area contributed by atoms with Gasteiger partial charge in [0, 0.05) is 13.1 Å². The van der Waals surface area contributed by atoms with Crippen LogP contribution in [0.25, 0.3) is 0 Å². The van der Waals surface area contributed by atoms with Crippen molar-refractivity contribution in [1.82, 2.24) is 10.6 Å². The zero-order valence-electron chi connectivity index (χ0n) is 15.5. The minimum absolute atomic E-state index is 0.115. The summed E-state index contributed by atoms with van der Waals surface area (Å²) in [5.41, 5.74) is 3.08. The summed E-state index contributed by atoms with van der Waals surface area (Å²) in [6.45, 7) is 2.55. The molecule has 27 heavy (non-hydrogen) atoms. The molecule has 1 atom stereocenters. The van der Waals surface area contributed by atoms with Crippen molar-refractivity contribution in [3.05, 3.63) is 71.3 Å². The van der Waals surface area contributed by atoms with Gasteiger partial charge >= 0.3 is 11.8 Å². The number of aliphatic hydroxyl groups is 1. The van der Waals surface area contributed by atoms with Gasteiger partial charge in [0.2, 0.25) is 0 Å². The molecule has 0 heterocycles. The molecule has 6 nitrogen and oxygen atoms in total. The Morgan fingerprint density at radius 2 is 1.67 bits per heavy atom. The molecule has 0 aliphatic rings. The summed E-state index contributed by atoms with van der Waals surface area (Å²) in [5.74, 6) is -1.37. The van der Waals surface area contributed by atoms with E-state index in [-0.39, 0.29) is 19.8 Å². The van der Waals surface area contributed by atoms with E-state index in [9.17, 15) is 9.59 Å². The first-order valence-corrected chi connectivity index (χ1v) is 8.99. The first-order chi connectivity index (χ1) is 13.1. The number of amides is 2. The van der Waals surface area contributed by atoms with Crippen LogP contribution in [0.5, 0.6) is 0 Å². The number of carbonyl (C=O) groups is 2. The molecule has 0 saturated carbocycles. The molecular formula is C21H26N2O4. The first-order valence-electron chi connectivity index (χ1n) is 8.99. The largest absolute Gasteiger partial charge is 0.394 e. The number of ether oxygens (including phenoxy) is 1. The number of aliphatic hydroxyl groups excluding tert-OH is 1. The van der Waals surface area contributed by atoms with Gasteiger partial charge in [-0.05, 0) is 24.5 Å². The zero-order chi connectivity index (χ0) is 19.5. The highest BCUT2D eigenvalue weighted by Crippen LogP contribution is 2.17. The minimum Gasteiger partial charge on any atom is -0.394 e. The molecule has 0 bridgehead atoms. The number of benzene rings is 2. The molecule has 0 saturated heterocycles. The summed E-state index contributed by atoms with van der Waals surface area (Å²) in [4.78, 5) is 24.0. The topological polar surface area (TPSA) is 87.7 Å². The summed E-state index contributed by atoms with van der Waals surface area (Å²) < 4.78 is 5.59. The van der Waals surface area contributed by atoms with Crippen molar-refractivity contribution in [2.75, 3.05) is 26.3 Å². The second kappa shape index (κ2) is 11.1. The average Bonchev–Trinajstić information content (AvgIpc) is 2.69. The zero-order valence-corrected chi connectivity index (χ0v) is 15.5. The van der Waals surface area contributed by atoms with Crippen molar-refractivity contribution in [2.24, 2.45) is 0 Å². The number of nitrogens with one attached hydrogen (secondary N) is 2. The summed E-state index contributed by atoms with van der Waals surface area (Å²) in [6, 6.07) is 17.4. The van der Waals surface area contributed by atoms with Crippen LogP contribution in [0.3, 0.4) is 0 Å². The number of carbonyl (C=O) groups excluding carboxylic acids is 2. The van der Waals surface area contributed by atoms with E-state index in [1.807, 2.05) is 61.5 Å². The van der Waals surface area contributed by atoms with Gasteiger partial charge in [0.1, 0.15) is 0 Å². The maximum Gasteiger partial charge on any atom is 0.309 e. The van der Waals surface area contributed by atoms with Gasteiger partial charge in [-0.2, -0.15) is 0 Å². The Morgan fingerprint density at radius 1 is 1.00 bits per heavy atom. The van der Waals surface area contributed by atoms with Gasteiger partial charge in [0.05, 0.1) is 19.3 Å². The third kappa shape index (κ3) is 7.21. The van der Waals surface area contributed by atoms with Crippen LogP contribution in [0.15, 0.2) is 54.6 Å². The summed E-state index contributed by atoms with van der Waals surface area (Å²) in [6.07, 6.45) is 0.227. The molecule has 2 aromatic rings. The number of rotatable bonds is 9. The highest BCUT2D eigenvalue weighted by molar-refractivity contribution is 6.35. The molecule has 1 unspecified atom stereocenters. The van der Waals surface area contributed by atoms with E-state index in [1.165, 1.54) is 0 Å². The van der Waals surface area contributed by atoms with Crippen molar-refractivity contribution in [1.29, 1.82) is 0 Å². The van der Waals surface area contributed by atoms with Crippen LogP contribution < -0.4 is 10.6 Å². The normalized spacial score (nSPS) is 11.6. The summed E-state index contributed by atoms with van der Waals surface area (Å²) in [5, 5.41) is 14.2. The highest BCUT2D eigenvalue weighted by atomic mass is 16.5. The van der Waals surface area contributed by atoms with E-state index in [4.69, 9.17) is 9.84 Å². The predicted octanol–water partition coefficient (Wildman–Crippen LogP) is 1.52. The predicted molar refractivity (Wildman–Crippen MR) is 103 cm³/mol. The van der Waals surface area contributed by atoms with Gasteiger partial charge < -0.3 is 20.5 Å². The van der Waals surface area contributed by atoms with E-state index in [0.717, 1.165) is 16.7 Å². The van der Waals surface area contributed by atoms with Gasteiger partial charge in [-0.3, -0.25) is 9.59 Å². The SMILES string of the molecule is Cc1ccc(C(CNC(=O)C(=O)NCCc2ccccc2)OCCO)cc1. The number of aryl methyl sites for hydroxylation is 1.